The van der Waals surface area contributed by atoms with Crippen LogP contribution in [0.4, 0.5) is 0 Å². The standard InChI is InChI=1S/C41H26S/c1-3-14-28(15-4-1)41(29-16-5-2-6-17-29)35-22-9-7-19-34(35)39-32(21-12-23-36(39)41)33-26-25-27-13-11-20-31-30-18-8-10-24-37(30)42-40(33)38(27)31/h1-26H. The third-order valence-corrected chi connectivity index (χ3v) is 10.4. The van der Waals surface area contributed by atoms with E-state index in [1.54, 1.807) is 0 Å². The van der Waals surface area contributed by atoms with Crippen LogP contribution in [0.15, 0.2) is 168 Å². The molecule has 2 aliphatic rings. The van der Waals surface area contributed by atoms with Gasteiger partial charge in [0.25, 0.3) is 0 Å². The van der Waals surface area contributed by atoms with Gasteiger partial charge >= 0.3 is 0 Å². The van der Waals surface area contributed by atoms with Gasteiger partial charge < -0.3 is 0 Å². The fraction of sp³-hybridized carbons (Fsp3) is 0.0244. The summed E-state index contributed by atoms with van der Waals surface area (Å²) < 4.78 is 0. The first-order valence-electron chi connectivity index (χ1n) is 14.5. The largest absolute Gasteiger partial charge is 0.0881 e. The van der Waals surface area contributed by atoms with Gasteiger partial charge in [-0.05, 0) is 67.1 Å². The predicted octanol–water partition coefficient (Wildman–Crippen LogP) is 11.0. The van der Waals surface area contributed by atoms with Crippen molar-refractivity contribution in [2.45, 2.75) is 15.2 Å². The summed E-state index contributed by atoms with van der Waals surface area (Å²) in [5, 5.41) is 2.66. The van der Waals surface area contributed by atoms with Crippen LogP contribution in [-0.2, 0) is 5.41 Å². The van der Waals surface area contributed by atoms with Crippen molar-refractivity contribution in [3.8, 4) is 33.4 Å². The minimum absolute atomic E-state index is 0.399. The van der Waals surface area contributed by atoms with Crippen molar-refractivity contribution in [1.82, 2.24) is 0 Å². The van der Waals surface area contributed by atoms with Crippen molar-refractivity contribution in [2.24, 2.45) is 0 Å². The Bertz CT molecular complexity index is 2120. The van der Waals surface area contributed by atoms with Gasteiger partial charge in [-0.3, -0.25) is 0 Å². The molecule has 0 saturated carbocycles. The summed E-state index contributed by atoms with van der Waals surface area (Å²) in [4.78, 5) is 2.67. The third-order valence-electron chi connectivity index (χ3n) is 9.16. The van der Waals surface area contributed by atoms with Crippen LogP contribution in [0.2, 0.25) is 0 Å². The van der Waals surface area contributed by atoms with Crippen LogP contribution >= 0.6 is 11.8 Å². The second-order valence-corrected chi connectivity index (χ2v) is 12.3. The van der Waals surface area contributed by atoms with Gasteiger partial charge in [-0.15, -0.1) is 0 Å². The quantitative estimate of drug-likeness (QED) is 0.211. The summed E-state index contributed by atoms with van der Waals surface area (Å²) in [5.41, 5.74) is 12.8. The first-order chi connectivity index (χ1) is 20.9. The summed E-state index contributed by atoms with van der Waals surface area (Å²) in [6.07, 6.45) is 0. The lowest BCUT2D eigenvalue weighted by Crippen LogP contribution is -2.28. The lowest BCUT2D eigenvalue weighted by molar-refractivity contribution is 0.768. The molecule has 1 heteroatoms. The molecule has 0 bridgehead atoms. The molecule has 0 fully saturated rings. The molecule has 7 aromatic carbocycles. The van der Waals surface area contributed by atoms with Crippen molar-refractivity contribution in [3.63, 3.8) is 0 Å². The summed E-state index contributed by atoms with van der Waals surface area (Å²) in [7, 11) is 0. The Morgan fingerprint density at radius 1 is 0.381 bits per heavy atom. The van der Waals surface area contributed by atoms with Gasteiger partial charge in [-0.2, -0.15) is 0 Å². The van der Waals surface area contributed by atoms with Gasteiger partial charge in [0.05, 0.1) is 5.41 Å². The van der Waals surface area contributed by atoms with E-state index in [0.717, 1.165) is 0 Å². The number of fused-ring (bicyclic) bond motifs is 5. The summed E-state index contributed by atoms with van der Waals surface area (Å²) in [5.74, 6) is 0. The van der Waals surface area contributed by atoms with Crippen molar-refractivity contribution in [1.29, 1.82) is 0 Å². The molecule has 0 spiro atoms. The van der Waals surface area contributed by atoms with Gasteiger partial charge in [0.1, 0.15) is 0 Å². The Morgan fingerprint density at radius 2 is 0.976 bits per heavy atom. The van der Waals surface area contributed by atoms with E-state index < -0.39 is 5.41 Å². The monoisotopic (exact) mass is 550 g/mol. The first-order valence-corrected chi connectivity index (χ1v) is 15.3. The zero-order chi connectivity index (χ0) is 27.7. The van der Waals surface area contributed by atoms with Gasteiger partial charge in [0.15, 0.2) is 0 Å². The lowest BCUT2D eigenvalue weighted by atomic mass is 9.67. The highest BCUT2D eigenvalue weighted by molar-refractivity contribution is 8.00. The maximum Gasteiger partial charge on any atom is 0.0713 e. The first kappa shape index (κ1) is 23.8. The SMILES string of the molecule is c1ccc(C2(c3ccccc3)c3ccccc3-c3c(-c4ccc5cccc6c5c4Sc4ccccc4-6)cccc32)cc1. The van der Waals surface area contributed by atoms with E-state index in [0.29, 0.717) is 0 Å². The third kappa shape index (κ3) is 3.15. The van der Waals surface area contributed by atoms with Gasteiger partial charge in [-0.1, -0.05) is 163 Å². The van der Waals surface area contributed by atoms with Crippen molar-refractivity contribution < 1.29 is 0 Å². The normalized spacial score (nSPS) is 13.8. The van der Waals surface area contributed by atoms with E-state index in [2.05, 4.69) is 158 Å². The molecular weight excluding hydrogens is 525 g/mol. The fourth-order valence-electron chi connectivity index (χ4n) is 7.49. The smallest absolute Gasteiger partial charge is 0.0713 e. The summed E-state index contributed by atoms with van der Waals surface area (Å²) in [6, 6.07) is 58.4. The van der Waals surface area contributed by atoms with Crippen LogP contribution in [0.1, 0.15) is 22.3 Å². The molecule has 0 nitrogen and oxygen atoms in total. The van der Waals surface area contributed by atoms with Gasteiger partial charge in [-0.25, -0.2) is 0 Å². The summed E-state index contributed by atoms with van der Waals surface area (Å²) in [6.45, 7) is 0. The second-order valence-electron chi connectivity index (χ2n) is 11.2. The van der Waals surface area contributed by atoms with Crippen LogP contribution < -0.4 is 0 Å². The van der Waals surface area contributed by atoms with Crippen molar-refractivity contribution >= 4 is 22.5 Å². The average molecular weight is 551 g/mol. The van der Waals surface area contributed by atoms with Crippen molar-refractivity contribution in [3.05, 3.63) is 180 Å². The molecule has 0 atom stereocenters. The maximum atomic E-state index is 2.36. The van der Waals surface area contributed by atoms with E-state index >= 15 is 0 Å². The highest BCUT2D eigenvalue weighted by atomic mass is 32.2. The van der Waals surface area contributed by atoms with Crippen LogP contribution in [0.5, 0.6) is 0 Å². The van der Waals surface area contributed by atoms with Gasteiger partial charge in [0, 0.05) is 15.2 Å². The molecule has 7 aromatic rings. The van der Waals surface area contributed by atoms with E-state index in [4.69, 9.17) is 0 Å². The van der Waals surface area contributed by atoms with Crippen LogP contribution in [-0.4, -0.2) is 0 Å². The molecule has 0 unspecified atom stereocenters. The Morgan fingerprint density at radius 3 is 1.76 bits per heavy atom. The second kappa shape index (κ2) is 9.08. The number of hydrogen-bond acceptors (Lipinski definition) is 1. The molecule has 0 saturated heterocycles. The Balaban J connectivity index is 1.40. The molecule has 0 amide bonds. The number of rotatable bonds is 3. The molecule has 42 heavy (non-hydrogen) atoms. The zero-order valence-electron chi connectivity index (χ0n) is 22.9. The Hall–Kier alpha value is -4.85. The van der Waals surface area contributed by atoms with Crippen molar-refractivity contribution in [2.75, 3.05) is 0 Å². The topological polar surface area (TPSA) is 0 Å². The molecule has 0 aromatic heterocycles. The number of benzene rings is 7. The molecule has 0 radical (unpaired) electrons. The maximum absolute atomic E-state index is 2.36. The van der Waals surface area contributed by atoms with E-state index in [9.17, 15) is 0 Å². The molecule has 0 N–H and O–H groups in total. The van der Waals surface area contributed by atoms with Crippen LogP contribution in [0.3, 0.4) is 0 Å². The van der Waals surface area contributed by atoms with Crippen LogP contribution in [0, 0.1) is 0 Å². The molecular formula is C41H26S. The average Bonchev–Trinajstić information content (AvgIpc) is 3.37. The van der Waals surface area contributed by atoms with E-state index in [1.807, 2.05) is 11.8 Å². The zero-order valence-corrected chi connectivity index (χ0v) is 23.7. The number of hydrogen-bond donors (Lipinski definition) is 0. The van der Waals surface area contributed by atoms with E-state index in [-0.39, 0.29) is 0 Å². The summed E-state index contributed by atoms with van der Waals surface area (Å²) >= 11 is 1.92. The molecule has 1 aliphatic heterocycles. The predicted molar refractivity (Wildman–Crippen MR) is 176 cm³/mol. The fourth-order valence-corrected chi connectivity index (χ4v) is 8.77. The van der Waals surface area contributed by atoms with E-state index in [1.165, 1.54) is 76.2 Å². The van der Waals surface area contributed by atoms with Crippen LogP contribution in [0.25, 0.3) is 44.2 Å². The molecule has 9 rings (SSSR count). The molecule has 196 valence electrons. The van der Waals surface area contributed by atoms with Gasteiger partial charge in [0.2, 0.25) is 0 Å². The highest BCUT2D eigenvalue weighted by Gasteiger charge is 2.46. The molecule has 1 aliphatic carbocycles. The Kier molecular flexibility index (Phi) is 5.15. The Labute approximate surface area is 250 Å². The molecule has 1 heterocycles. The lowest BCUT2D eigenvalue weighted by Gasteiger charge is -2.34. The minimum Gasteiger partial charge on any atom is -0.0881 e. The highest BCUT2D eigenvalue weighted by Crippen LogP contribution is 2.60. The minimum atomic E-state index is -0.399.